The predicted molar refractivity (Wildman–Crippen MR) is 286 cm³/mol. The molecule has 2 fully saturated rings. The minimum Gasteiger partial charge on any atom is -0.497 e. The van der Waals surface area contributed by atoms with E-state index < -0.39 is 93.2 Å². The van der Waals surface area contributed by atoms with Crippen molar-refractivity contribution in [2.45, 2.75) is 135 Å². The van der Waals surface area contributed by atoms with Gasteiger partial charge in [-0.05, 0) is 89.7 Å². The summed E-state index contributed by atoms with van der Waals surface area (Å²) in [5.41, 5.74) is -0.990. The average molecular weight is 1040 g/mol. The number of fused-ring (bicyclic) bond motifs is 1. The highest BCUT2D eigenvalue weighted by atomic mass is 28.4. The van der Waals surface area contributed by atoms with Crippen molar-refractivity contribution in [1.82, 2.24) is 15.5 Å². The number of likely N-dealkylation sites (tertiary alicyclic amines) is 1. The third kappa shape index (κ3) is 12.0. The molecule has 17 heteroatoms. The molecule has 0 bridgehead atoms. The fourth-order valence-electron chi connectivity index (χ4n) is 9.84. The van der Waals surface area contributed by atoms with Gasteiger partial charge >= 0.3 is 18.0 Å². The van der Waals surface area contributed by atoms with Gasteiger partial charge in [0.05, 0.1) is 37.6 Å². The van der Waals surface area contributed by atoms with Gasteiger partial charge in [0.1, 0.15) is 29.8 Å². The molecule has 0 saturated carbocycles. The molecule has 0 unspecified atom stereocenters. The summed E-state index contributed by atoms with van der Waals surface area (Å²) < 4.78 is 44.6. The van der Waals surface area contributed by atoms with Crippen molar-refractivity contribution in [2.24, 2.45) is 0 Å². The van der Waals surface area contributed by atoms with Crippen molar-refractivity contribution >= 4 is 67.6 Å². The van der Waals surface area contributed by atoms with E-state index in [9.17, 15) is 9.59 Å². The number of carbonyl (C=O) groups excluding carboxylic acids is 5. The number of amides is 3. The largest absolute Gasteiger partial charge is 0.497 e. The van der Waals surface area contributed by atoms with Gasteiger partial charge in [-0.15, -0.1) is 0 Å². The number of rotatable bonds is 21. The van der Waals surface area contributed by atoms with Crippen LogP contribution in [-0.4, -0.2) is 114 Å². The quantitative estimate of drug-likeness (QED) is 0.0204. The molecule has 0 radical (unpaired) electrons. The van der Waals surface area contributed by atoms with Crippen molar-refractivity contribution in [3.05, 3.63) is 126 Å². The normalized spacial score (nSPS) is 20.0. The first-order valence-electron chi connectivity index (χ1n) is 25.1. The van der Waals surface area contributed by atoms with Crippen LogP contribution in [-0.2, 0) is 42.2 Å². The molecule has 4 aromatic carbocycles. The standard InChI is InChI=1S/C56H73N3O12Si2/c1-14-31-66-54(64)59-45(34-68-73(55(9,10)11,40-26-20-18-21-27-40)41-28-22-19-23-29-41)48(71-72(15-2,16-3)17-4)49(69-38(8)60)47(59)46(51(61)57-36(5)6)58-52(62)50(56(12)35-67-56)70-53(63)44-33-39(65-13)32-43-37(7)25-24-30-42(43)44/h14,18-30,32-33,36,45,48-50H,1,15-17,31,34-35H2,2-13H3,(H,57,61)(H,58,62)/b47-46+/t45-,48+,49+,50-,56-/m0/s1. The molecule has 2 saturated heterocycles. The molecule has 0 aliphatic carbocycles. The molecular formula is C56H73N3O12Si2. The minimum absolute atomic E-state index is 0.0336. The van der Waals surface area contributed by atoms with Crippen molar-refractivity contribution in [3.8, 4) is 5.75 Å². The SMILES string of the molecule is C=CCOC(=O)N1/C(=C(/NC(=O)[C@H](OC(=O)c2cc(OC)cc3c(C)cccc23)[C@]2(C)CO2)C(=O)NC(C)C)[C@@H](OC(C)=O)[C@H](O[Si](CC)(CC)CC)[C@@H]1CO[Si](c1ccccc1)(c1ccccc1)C(C)(C)C. The Kier molecular flexibility index (Phi) is 18.0. The lowest BCUT2D eigenvalue weighted by molar-refractivity contribution is -0.148. The summed E-state index contributed by atoms with van der Waals surface area (Å²) in [7, 11) is -4.62. The van der Waals surface area contributed by atoms with E-state index in [4.69, 9.17) is 32.5 Å². The Hall–Kier alpha value is -6.12. The monoisotopic (exact) mass is 1040 g/mol. The van der Waals surface area contributed by atoms with Gasteiger partial charge in [-0.1, -0.05) is 133 Å². The third-order valence-electron chi connectivity index (χ3n) is 14.0. The zero-order chi connectivity index (χ0) is 53.5. The zero-order valence-corrected chi connectivity index (χ0v) is 46.4. The van der Waals surface area contributed by atoms with Crippen LogP contribution < -0.4 is 25.7 Å². The Morgan fingerprint density at radius 3 is 2.01 bits per heavy atom. The molecule has 0 aromatic heterocycles. The van der Waals surface area contributed by atoms with Crippen LogP contribution >= 0.6 is 0 Å². The van der Waals surface area contributed by atoms with E-state index in [1.54, 1.807) is 26.8 Å². The first kappa shape index (κ1) is 56.2. The molecule has 2 aliphatic heterocycles. The summed E-state index contributed by atoms with van der Waals surface area (Å²) in [6.07, 6.45) is -3.84. The average Bonchev–Trinajstić information content (AvgIpc) is 4.05. The van der Waals surface area contributed by atoms with Crippen LogP contribution in [0.4, 0.5) is 4.79 Å². The number of nitrogens with zero attached hydrogens (tertiary/aromatic N) is 1. The number of hydrogen-bond donors (Lipinski definition) is 2. The topological polar surface area (TPSA) is 181 Å². The number of esters is 2. The first-order chi connectivity index (χ1) is 34.6. The van der Waals surface area contributed by atoms with Gasteiger partial charge in [-0.2, -0.15) is 0 Å². The maximum Gasteiger partial charge on any atom is 0.414 e. The van der Waals surface area contributed by atoms with Crippen molar-refractivity contribution in [2.75, 3.05) is 26.9 Å². The number of benzene rings is 4. The number of methoxy groups -OCH3 is 1. The van der Waals surface area contributed by atoms with Gasteiger partial charge in [-0.25, -0.2) is 9.59 Å². The molecule has 73 heavy (non-hydrogen) atoms. The lowest BCUT2D eigenvalue weighted by Gasteiger charge is -2.44. The Balaban J connectivity index is 1.60. The lowest BCUT2D eigenvalue weighted by Crippen LogP contribution is -2.67. The van der Waals surface area contributed by atoms with E-state index in [2.05, 4.69) is 83.0 Å². The van der Waals surface area contributed by atoms with E-state index in [0.29, 0.717) is 29.3 Å². The first-order valence-corrected chi connectivity index (χ1v) is 29.5. The molecular weight excluding hydrogens is 963 g/mol. The second kappa shape index (κ2) is 23.4. The van der Waals surface area contributed by atoms with E-state index in [1.807, 2.05) is 61.5 Å². The fourth-order valence-corrected chi connectivity index (χ4v) is 17.3. The van der Waals surface area contributed by atoms with Gasteiger partial charge in [0, 0.05) is 13.0 Å². The van der Waals surface area contributed by atoms with Crippen LogP contribution in [0.15, 0.2) is 115 Å². The molecule has 2 aliphatic rings. The summed E-state index contributed by atoms with van der Waals surface area (Å²) >= 11 is 0. The van der Waals surface area contributed by atoms with E-state index in [-0.39, 0.29) is 31.1 Å². The maximum atomic E-state index is 15.2. The second-order valence-corrected chi connectivity index (χ2v) is 29.3. The Morgan fingerprint density at radius 1 is 0.904 bits per heavy atom. The van der Waals surface area contributed by atoms with Crippen LogP contribution in [0.25, 0.3) is 10.8 Å². The van der Waals surface area contributed by atoms with Crippen LogP contribution in [0.2, 0.25) is 23.2 Å². The van der Waals surface area contributed by atoms with E-state index >= 15 is 14.4 Å². The Morgan fingerprint density at radius 2 is 1.51 bits per heavy atom. The van der Waals surface area contributed by atoms with Gasteiger partial charge in [0.15, 0.2) is 14.4 Å². The molecule has 3 amide bonds. The summed E-state index contributed by atoms with van der Waals surface area (Å²) in [6, 6.07) is 29.2. The van der Waals surface area contributed by atoms with E-state index in [0.717, 1.165) is 21.3 Å². The minimum atomic E-state index is -3.37. The third-order valence-corrected chi connectivity index (χ3v) is 23.6. The van der Waals surface area contributed by atoms with Crippen LogP contribution in [0.5, 0.6) is 5.75 Å². The van der Waals surface area contributed by atoms with Crippen molar-refractivity contribution in [1.29, 1.82) is 0 Å². The van der Waals surface area contributed by atoms with Crippen LogP contribution in [0.3, 0.4) is 0 Å². The van der Waals surface area contributed by atoms with Crippen molar-refractivity contribution in [3.63, 3.8) is 0 Å². The molecule has 0 spiro atoms. The number of ether oxygens (including phenoxy) is 5. The molecule has 15 nitrogen and oxygen atoms in total. The highest BCUT2D eigenvalue weighted by Gasteiger charge is 2.59. The van der Waals surface area contributed by atoms with Gasteiger partial charge in [0.2, 0.25) is 6.10 Å². The molecule has 4 aromatic rings. The summed E-state index contributed by atoms with van der Waals surface area (Å²) in [5, 5.41) is 8.39. The maximum absolute atomic E-state index is 15.2. The second-order valence-electron chi connectivity index (χ2n) is 20.2. The molecule has 392 valence electrons. The molecule has 2 heterocycles. The summed E-state index contributed by atoms with van der Waals surface area (Å²) in [5.74, 6) is -3.00. The highest BCUT2D eigenvalue weighted by Crippen LogP contribution is 2.43. The molecule has 2 N–H and O–H groups in total. The fraction of sp³-hybridized carbons (Fsp3) is 0.446. The number of hydrogen-bond acceptors (Lipinski definition) is 12. The smallest absolute Gasteiger partial charge is 0.414 e. The molecule has 6 rings (SSSR count). The number of carbonyl (C=O) groups is 5. The lowest BCUT2D eigenvalue weighted by atomic mass is 9.99. The number of epoxide rings is 1. The predicted octanol–water partition coefficient (Wildman–Crippen LogP) is 8.23. The van der Waals surface area contributed by atoms with Crippen LogP contribution in [0.1, 0.15) is 85.2 Å². The Bertz CT molecular complexity index is 2630. The summed E-state index contributed by atoms with van der Waals surface area (Å²) in [6.45, 7) is 24.1. The van der Waals surface area contributed by atoms with E-state index in [1.165, 1.54) is 31.1 Å². The molecule has 5 atom stereocenters. The van der Waals surface area contributed by atoms with Gasteiger partial charge < -0.3 is 43.2 Å². The number of aryl methyl sites for hydroxylation is 1. The Labute approximate surface area is 432 Å². The van der Waals surface area contributed by atoms with Gasteiger partial charge in [-0.3, -0.25) is 19.3 Å². The number of nitrogens with one attached hydrogen (secondary N) is 2. The highest BCUT2D eigenvalue weighted by molar-refractivity contribution is 6.99. The van der Waals surface area contributed by atoms with Crippen LogP contribution in [0, 0.1) is 6.92 Å². The van der Waals surface area contributed by atoms with Gasteiger partial charge in [0.25, 0.3) is 20.1 Å². The zero-order valence-electron chi connectivity index (χ0n) is 44.4. The van der Waals surface area contributed by atoms with Crippen molar-refractivity contribution < 1.29 is 56.5 Å². The summed E-state index contributed by atoms with van der Waals surface area (Å²) in [4.78, 5) is 74.5.